The van der Waals surface area contributed by atoms with Crippen molar-refractivity contribution in [2.75, 3.05) is 6.61 Å². The van der Waals surface area contributed by atoms with E-state index in [4.69, 9.17) is 15.9 Å². The number of carboxylic acid groups (broad SMARTS) is 1. The number of carboxylic acids is 1. The van der Waals surface area contributed by atoms with Gasteiger partial charge in [-0.2, -0.15) is 0 Å². The quantitative estimate of drug-likeness (QED) is 0.449. The summed E-state index contributed by atoms with van der Waals surface area (Å²) in [5.74, 6) is -1.53. The van der Waals surface area contributed by atoms with Crippen LogP contribution in [0.3, 0.4) is 0 Å². The van der Waals surface area contributed by atoms with Crippen molar-refractivity contribution in [1.82, 2.24) is 5.32 Å². The molecule has 0 rings (SSSR count). The van der Waals surface area contributed by atoms with Crippen molar-refractivity contribution in [3.8, 4) is 0 Å². The number of aliphatic hydroxyl groups is 1. The average Bonchev–Trinajstić information content (AvgIpc) is 2.16. The van der Waals surface area contributed by atoms with Gasteiger partial charge < -0.3 is 21.3 Å². The van der Waals surface area contributed by atoms with Gasteiger partial charge in [0, 0.05) is 25.5 Å². The molecule has 0 spiro atoms. The van der Waals surface area contributed by atoms with Crippen LogP contribution in [-0.2, 0) is 9.59 Å². The second-order valence-electron chi connectivity index (χ2n) is 3.72. The molecule has 1 amide bonds. The van der Waals surface area contributed by atoms with Crippen LogP contribution in [-0.4, -0.2) is 40.8 Å². The molecule has 0 saturated carbocycles. The van der Waals surface area contributed by atoms with Crippen LogP contribution in [0.4, 0.5) is 0 Å². The normalized spacial score (nSPS) is 14.2. The van der Waals surface area contributed by atoms with E-state index in [0.29, 0.717) is 0 Å². The summed E-state index contributed by atoms with van der Waals surface area (Å²) < 4.78 is 0. The summed E-state index contributed by atoms with van der Waals surface area (Å²) in [4.78, 5) is 22.1. The van der Waals surface area contributed by atoms with Crippen LogP contribution in [0.25, 0.3) is 0 Å². The first-order valence-corrected chi connectivity index (χ1v) is 5.39. The van der Waals surface area contributed by atoms with Crippen LogP contribution in [0.15, 0.2) is 0 Å². The predicted molar refractivity (Wildman–Crippen MR) is 58.8 cm³/mol. The molecule has 2 atom stereocenters. The molecule has 0 heterocycles. The second kappa shape index (κ2) is 8.06. The van der Waals surface area contributed by atoms with Crippen LogP contribution in [0.5, 0.6) is 0 Å². The monoisotopic (exact) mass is 232 g/mol. The Morgan fingerprint density at radius 1 is 1.38 bits per heavy atom. The Kier molecular flexibility index (Phi) is 7.49. The Hall–Kier alpha value is -1.14. The number of amides is 1. The number of aliphatic carboxylic acids is 1. The molecule has 0 aromatic rings. The summed E-state index contributed by atoms with van der Waals surface area (Å²) in [5.41, 5.74) is 5.65. The molecule has 6 nitrogen and oxygen atoms in total. The number of nitrogens with one attached hydrogen (secondary N) is 1. The van der Waals surface area contributed by atoms with Gasteiger partial charge in [-0.05, 0) is 6.42 Å². The van der Waals surface area contributed by atoms with Crippen molar-refractivity contribution >= 4 is 11.9 Å². The zero-order chi connectivity index (χ0) is 12.6. The van der Waals surface area contributed by atoms with Crippen molar-refractivity contribution in [3.63, 3.8) is 0 Å². The van der Waals surface area contributed by atoms with Gasteiger partial charge >= 0.3 is 5.97 Å². The van der Waals surface area contributed by atoms with Crippen molar-refractivity contribution in [2.24, 2.45) is 5.73 Å². The summed E-state index contributed by atoms with van der Waals surface area (Å²) in [6.45, 7) is 1.68. The van der Waals surface area contributed by atoms with Gasteiger partial charge in [-0.15, -0.1) is 0 Å². The van der Waals surface area contributed by atoms with Crippen LogP contribution in [0, 0.1) is 0 Å². The van der Waals surface area contributed by atoms with Crippen molar-refractivity contribution in [2.45, 2.75) is 44.7 Å². The molecule has 0 aliphatic heterocycles. The van der Waals surface area contributed by atoms with E-state index >= 15 is 0 Å². The number of carbonyl (C=O) groups is 2. The molecule has 0 aliphatic carbocycles. The number of hydrogen-bond acceptors (Lipinski definition) is 4. The Balaban J connectivity index is 4.04. The Morgan fingerprint density at radius 3 is 2.44 bits per heavy atom. The molecule has 5 N–H and O–H groups in total. The van der Waals surface area contributed by atoms with Gasteiger partial charge in [0.15, 0.2) is 0 Å². The third kappa shape index (κ3) is 6.36. The van der Waals surface area contributed by atoms with Gasteiger partial charge in [-0.1, -0.05) is 13.3 Å². The number of nitrogens with two attached hydrogens (primary N) is 1. The first-order valence-electron chi connectivity index (χ1n) is 5.39. The van der Waals surface area contributed by atoms with E-state index in [0.717, 1.165) is 12.8 Å². The zero-order valence-electron chi connectivity index (χ0n) is 9.48. The molecule has 94 valence electrons. The van der Waals surface area contributed by atoms with Gasteiger partial charge in [-0.3, -0.25) is 4.79 Å². The minimum absolute atomic E-state index is 0.00406. The molecule has 0 aromatic carbocycles. The topological polar surface area (TPSA) is 113 Å². The average molecular weight is 232 g/mol. The number of aliphatic hydroxyl groups excluding tert-OH is 1. The van der Waals surface area contributed by atoms with E-state index in [-0.39, 0.29) is 31.4 Å². The molecule has 6 heteroatoms. The molecule has 2 unspecified atom stereocenters. The summed E-state index contributed by atoms with van der Waals surface area (Å²) in [5, 5.41) is 19.7. The fourth-order valence-corrected chi connectivity index (χ4v) is 1.35. The number of rotatable bonds is 8. The van der Waals surface area contributed by atoms with Crippen molar-refractivity contribution in [1.29, 1.82) is 0 Å². The lowest BCUT2D eigenvalue weighted by Crippen LogP contribution is -2.43. The molecule has 0 saturated heterocycles. The fourth-order valence-electron chi connectivity index (χ4n) is 1.35. The maximum Gasteiger partial charge on any atom is 0.326 e. The largest absolute Gasteiger partial charge is 0.480 e. The van der Waals surface area contributed by atoms with Crippen molar-refractivity contribution < 1.29 is 19.8 Å². The Morgan fingerprint density at radius 2 is 2.00 bits per heavy atom. The Bertz CT molecular complexity index is 233. The highest BCUT2D eigenvalue weighted by atomic mass is 16.4. The molecular weight excluding hydrogens is 212 g/mol. The lowest BCUT2D eigenvalue weighted by atomic mass is 10.1. The van der Waals surface area contributed by atoms with E-state index in [2.05, 4.69) is 5.32 Å². The Labute approximate surface area is 94.8 Å². The molecule has 0 bridgehead atoms. The molecule has 0 aliphatic rings. The van der Waals surface area contributed by atoms with E-state index in [1.807, 2.05) is 6.92 Å². The van der Waals surface area contributed by atoms with E-state index in [9.17, 15) is 9.59 Å². The maximum atomic E-state index is 11.4. The highest BCUT2D eigenvalue weighted by Crippen LogP contribution is 1.99. The van der Waals surface area contributed by atoms with Crippen LogP contribution >= 0.6 is 0 Å². The van der Waals surface area contributed by atoms with Crippen molar-refractivity contribution in [3.05, 3.63) is 0 Å². The smallest absolute Gasteiger partial charge is 0.326 e. The molecule has 16 heavy (non-hydrogen) atoms. The predicted octanol–water partition coefficient (Wildman–Crippen LogP) is -0.544. The van der Waals surface area contributed by atoms with Crippen LogP contribution < -0.4 is 11.1 Å². The third-order valence-corrected chi connectivity index (χ3v) is 2.16. The first kappa shape index (κ1) is 14.9. The summed E-state index contributed by atoms with van der Waals surface area (Å²) in [6.07, 6.45) is 1.73. The SMILES string of the molecule is CCCC(N)CC(=O)NC(CCO)C(=O)O. The maximum absolute atomic E-state index is 11.4. The van der Waals surface area contributed by atoms with Crippen LogP contribution in [0.2, 0.25) is 0 Å². The fraction of sp³-hybridized carbons (Fsp3) is 0.800. The summed E-state index contributed by atoms with van der Waals surface area (Å²) >= 11 is 0. The van der Waals surface area contributed by atoms with Gasteiger partial charge in [0.05, 0.1) is 0 Å². The number of hydrogen-bond donors (Lipinski definition) is 4. The van der Waals surface area contributed by atoms with Crippen LogP contribution in [0.1, 0.15) is 32.6 Å². The summed E-state index contributed by atoms with van der Waals surface area (Å²) in [6, 6.07) is -1.28. The highest BCUT2D eigenvalue weighted by molar-refractivity contribution is 5.83. The van der Waals surface area contributed by atoms with Gasteiger partial charge in [0.25, 0.3) is 0 Å². The van der Waals surface area contributed by atoms with E-state index in [1.165, 1.54) is 0 Å². The lowest BCUT2D eigenvalue weighted by molar-refractivity contribution is -0.142. The van der Waals surface area contributed by atoms with Gasteiger partial charge in [-0.25, -0.2) is 4.79 Å². The lowest BCUT2D eigenvalue weighted by Gasteiger charge is -2.15. The standard InChI is InChI=1S/C10H20N2O4/c1-2-3-7(11)6-9(14)12-8(4-5-13)10(15)16/h7-8,13H,2-6,11H2,1H3,(H,12,14)(H,15,16). The molecule has 0 fully saturated rings. The van der Waals surface area contributed by atoms with Gasteiger partial charge in [0.1, 0.15) is 6.04 Å². The molecule has 0 radical (unpaired) electrons. The second-order valence-corrected chi connectivity index (χ2v) is 3.72. The number of carbonyl (C=O) groups excluding carboxylic acids is 1. The highest BCUT2D eigenvalue weighted by Gasteiger charge is 2.19. The van der Waals surface area contributed by atoms with Gasteiger partial charge in [0.2, 0.25) is 5.91 Å². The summed E-state index contributed by atoms with van der Waals surface area (Å²) in [7, 11) is 0. The minimum atomic E-state index is -1.15. The molecular formula is C10H20N2O4. The van der Waals surface area contributed by atoms with E-state index in [1.54, 1.807) is 0 Å². The van der Waals surface area contributed by atoms with E-state index < -0.39 is 12.0 Å². The molecule has 0 aromatic heterocycles. The minimum Gasteiger partial charge on any atom is -0.480 e. The zero-order valence-corrected chi connectivity index (χ0v) is 9.48. The first-order chi connectivity index (χ1) is 7.51. The third-order valence-electron chi connectivity index (χ3n) is 2.16.